The molecule has 0 radical (unpaired) electrons. The van der Waals surface area contributed by atoms with Gasteiger partial charge in [0.1, 0.15) is 5.82 Å². The first-order valence-corrected chi connectivity index (χ1v) is 5.95. The zero-order valence-corrected chi connectivity index (χ0v) is 10.2. The predicted molar refractivity (Wildman–Crippen MR) is 65.6 cm³/mol. The number of carbonyl (C=O) groups is 1. The largest absolute Gasteiger partial charge is 0.322 e. The molecule has 2 rings (SSSR count). The highest BCUT2D eigenvalue weighted by atomic mass is 19.1. The van der Waals surface area contributed by atoms with Gasteiger partial charge in [0.2, 0.25) is 0 Å². The number of amides is 2. The first-order valence-electron chi connectivity index (χ1n) is 5.95. The van der Waals surface area contributed by atoms with Crippen molar-refractivity contribution in [1.82, 2.24) is 4.90 Å². The molecule has 0 heterocycles. The van der Waals surface area contributed by atoms with Gasteiger partial charge in [0.15, 0.2) is 0 Å². The number of rotatable bonds is 3. The molecule has 1 fully saturated rings. The zero-order valence-electron chi connectivity index (χ0n) is 10.2. The lowest BCUT2D eigenvalue weighted by Gasteiger charge is -2.21. The number of halogens is 1. The smallest absolute Gasteiger partial charge is 0.322 e. The van der Waals surface area contributed by atoms with E-state index in [-0.39, 0.29) is 11.8 Å². The van der Waals surface area contributed by atoms with Crippen molar-refractivity contribution in [2.45, 2.75) is 32.7 Å². The lowest BCUT2D eigenvalue weighted by Crippen LogP contribution is -2.36. The first-order chi connectivity index (χ1) is 8.11. The number of anilines is 1. The molecule has 0 unspecified atom stereocenters. The van der Waals surface area contributed by atoms with Crippen LogP contribution < -0.4 is 5.32 Å². The summed E-state index contributed by atoms with van der Waals surface area (Å²) in [6.45, 7) is 4.49. The third-order valence-electron chi connectivity index (χ3n) is 3.03. The van der Waals surface area contributed by atoms with E-state index >= 15 is 0 Å². The second-order valence-corrected chi connectivity index (χ2v) is 4.41. The SMILES string of the molecule is CCN(C(=O)Nc1cc(F)ccc1C)C1CC1. The van der Waals surface area contributed by atoms with E-state index in [1.807, 2.05) is 13.8 Å². The van der Waals surface area contributed by atoms with Crippen LogP contribution >= 0.6 is 0 Å². The molecule has 1 N–H and O–H groups in total. The number of urea groups is 1. The highest BCUT2D eigenvalue weighted by molar-refractivity contribution is 5.90. The van der Waals surface area contributed by atoms with Crippen molar-refractivity contribution >= 4 is 11.7 Å². The minimum Gasteiger partial charge on any atom is -0.322 e. The van der Waals surface area contributed by atoms with Gasteiger partial charge in [-0.05, 0) is 44.4 Å². The van der Waals surface area contributed by atoms with Gasteiger partial charge in [0.05, 0.1) is 0 Å². The minimum absolute atomic E-state index is 0.135. The van der Waals surface area contributed by atoms with Gasteiger partial charge in [-0.15, -0.1) is 0 Å². The molecular weight excluding hydrogens is 219 g/mol. The quantitative estimate of drug-likeness (QED) is 0.859. The Balaban J connectivity index is 2.08. The molecule has 1 aliphatic carbocycles. The normalized spacial score (nSPS) is 14.5. The first kappa shape index (κ1) is 11.9. The van der Waals surface area contributed by atoms with Crippen LogP contribution in [0.3, 0.4) is 0 Å². The molecule has 2 amide bonds. The summed E-state index contributed by atoms with van der Waals surface area (Å²) in [7, 11) is 0. The second kappa shape index (κ2) is 4.73. The Morgan fingerprint density at radius 1 is 1.53 bits per heavy atom. The van der Waals surface area contributed by atoms with E-state index in [2.05, 4.69) is 5.32 Å². The van der Waals surface area contributed by atoms with Crippen molar-refractivity contribution < 1.29 is 9.18 Å². The van der Waals surface area contributed by atoms with Crippen molar-refractivity contribution in [1.29, 1.82) is 0 Å². The van der Waals surface area contributed by atoms with Crippen molar-refractivity contribution in [2.75, 3.05) is 11.9 Å². The van der Waals surface area contributed by atoms with Crippen LogP contribution in [0.5, 0.6) is 0 Å². The number of hydrogen-bond donors (Lipinski definition) is 1. The average molecular weight is 236 g/mol. The maximum atomic E-state index is 13.1. The Labute approximate surface area is 101 Å². The van der Waals surface area contributed by atoms with Gasteiger partial charge in [-0.25, -0.2) is 9.18 Å². The highest BCUT2D eigenvalue weighted by Gasteiger charge is 2.31. The summed E-state index contributed by atoms with van der Waals surface area (Å²) in [6.07, 6.45) is 2.15. The standard InChI is InChI=1S/C13H17FN2O/c1-3-16(11-6-7-11)13(17)15-12-8-10(14)5-4-9(12)2/h4-5,8,11H,3,6-7H2,1-2H3,(H,15,17). The maximum absolute atomic E-state index is 13.1. The Kier molecular flexibility index (Phi) is 3.31. The molecule has 1 saturated carbocycles. The maximum Gasteiger partial charge on any atom is 0.322 e. The fourth-order valence-corrected chi connectivity index (χ4v) is 1.87. The topological polar surface area (TPSA) is 32.3 Å². The van der Waals surface area contributed by atoms with Gasteiger partial charge in [-0.3, -0.25) is 0 Å². The molecule has 1 aromatic rings. The number of nitrogens with one attached hydrogen (secondary N) is 1. The second-order valence-electron chi connectivity index (χ2n) is 4.41. The molecule has 92 valence electrons. The van der Waals surface area contributed by atoms with Crippen LogP contribution in [0.4, 0.5) is 14.9 Å². The van der Waals surface area contributed by atoms with E-state index in [0.29, 0.717) is 18.3 Å². The Bertz CT molecular complexity index is 429. The van der Waals surface area contributed by atoms with E-state index in [1.54, 1.807) is 11.0 Å². The van der Waals surface area contributed by atoms with Gasteiger partial charge in [0, 0.05) is 18.3 Å². The van der Waals surface area contributed by atoms with E-state index in [4.69, 9.17) is 0 Å². The highest BCUT2D eigenvalue weighted by Crippen LogP contribution is 2.27. The molecular formula is C13H17FN2O. The van der Waals surface area contributed by atoms with Crippen molar-refractivity contribution in [3.05, 3.63) is 29.6 Å². The molecule has 0 atom stereocenters. The molecule has 1 aliphatic rings. The lowest BCUT2D eigenvalue weighted by atomic mass is 10.2. The molecule has 17 heavy (non-hydrogen) atoms. The summed E-state index contributed by atoms with van der Waals surface area (Å²) < 4.78 is 13.1. The van der Waals surface area contributed by atoms with Crippen molar-refractivity contribution in [3.8, 4) is 0 Å². The Morgan fingerprint density at radius 2 is 2.24 bits per heavy atom. The van der Waals surface area contributed by atoms with Gasteiger partial charge in [-0.1, -0.05) is 6.07 Å². The van der Waals surface area contributed by atoms with Crippen LogP contribution in [0.1, 0.15) is 25.3 Å². The molecule has 4 heteroatoms. The third-order valence-corrected chi connectivity index (χ3v) is 3.03. The molecule has 0 saturated heterocycles. The summed E-state index contributed by atoms with van der Waals surface area (Å²) in [5.74, 6) is -0.333. The van der Waals surface area contributed by atoms with Gasteiger partial charge >= 0.3 is 6.03 Å². The van der Waals surface area contributed by atoms with E-state index in [1.165, 1.54) is 12.1 Å². The summed E-state index contributed by atoms with van der Waals surface area (Å²) in [4.78, 5) is 13.8. The minimum atomic E-state index is -0.333. The number of aryl methyl sites for hydroxylation is 1. The predicted octanol–water partition coefficient (Wildman–Crippen LogP) is 3.15. The van der Waals surface area contributed by atoms with Crippen molar-refractivity contribution in [2.24, 2.45) is 0 Å². The monoisotopic (exact) mass is 236 g/mol. The van der Waals surface area contributed by atoms with Crippen LogP contribution in [-0.4, -0.2) is 23.5 Å². The van der Waals surface area contributed by atoms with Crippen LogP contribution in [-0.2, 0) is 0 Å². The summed E-state index contributed by atoms with van der Waals surface area (Å²) in [5, 5.41) is 2.77. The fraction of sp³-hybridized carbons (Fsp3) is 0.462. The van der Waals surface area contributed by atoms with Crippen LogP contribution in [0.15, 0.2) is 18.2 Å². The van der Waals surface area contributed by atoms with E-state index in [9.17, 15) is 9.18 Å². The Hall–Kier alpha value is -1.58. The van der Waals surface area contributed by atoms with Gasteiger partial charge in [0.25, 0.3) is 0 Å². The number of benzene rings is 1. The Morgan fingerprint density at radius 3 is 2.82 bits per heavy atom. The third kappa shape index (κ3) is 2.75. The summed E-state index contributed by atoms with van der Waals surface area (Å²) in [5.41, 5.74) is 1.42. The molecule has 0 spiro atoms. The molecule has 0 aromatic heterocycles. The fourth-order valence-electron chi connectivity index (χ4n) is 1.87. The molecule has 3 nitrogen and oxygen atoms in total. The van der Waals surface area contributed by atoms with E-state index in [0.717, 1.165) is 18.4 Å². The molecule has 0 bridgehead atoms. The lowest BCUT2D eigenvalue weighted by molar-refractivity contribution is 0.212. The molecule has 1 aromatic carbocycles. The number of carbonyl (C=O) groups excluding carboxylic acids is 1. The average Bonchev–Trinajstić information content (AvgIpc) is 3.09. The summed E-state index contributed by atoms with van der Waals surface area (Å²) >= 11 is 0. The van der Waals surface area contributed by atoms with E-state index < -0.39 is 0 Å². The zero-order chi connectivity index (χ0) is 12.4. The number of nitrogens with zero attached hydrogens (tertiary/aromatic N) is 1. The van der Waals surface area contributed by atoms with Crippen LogP contribution in [0.25, 0.3) is 0 Å². The van der Waals surface area contributed by atoms with Gasteiger partial charge < -0.3 is 10.2 Å². The van der Waals surface area contributed by atoms with Crippen LogP contribution in [0.2, 0.25) is 0 Å². The van der Waals surface area contributed by atoms with Gasteiger partial charge in [-0.2, -0.15) is 0 Å². The van der Waals surface area contributed by atoms with Crippen molar-refractivity contribution in [3.63, 3.8) is 0 Å². The summed E-state index contributed by atoms with van der Waals surface area (Å²) in [6, 6.07) is 4.65. The number of hydrogen-bond acceptors (Lipinski definition) is 1. The molecule has 0 aliphatic heterocycles. The van der Waals surface area contributed by atoms with Crippen LogP contribution in [0, 0.1) is 12.7 Å².